The number of hydrogen-bond donors (Lipinski definition) is 2. The molecule has 0 bridgehead atoms. The van der Waals surface area contributed by atoms with E-state index < -0.39 is 17.8 Å². The van der Waals surface area contributed by atoms with Crippen LogP contribution in [-0.2, 0) is 4.74 Å². The first-order valence-corrected chi connectivity index (χ1v) is 57.6. The molecule has 12 nitrogen and oxygen atoms in total. The van der Waals surface area contributed by atoms with Crippen LogP contribution in [0.1, 0.15) is 618 Å². The van der Waals surface area contributed by atoms with Crippen molar-refractivity contribution in [1.29, 1.82) is 0 Å². The third-order valence-corrected chi connectivity index (χ3v) is 27.4. The predicted molar refractivity (Wildman–Crippen MR) is 566 cm³/mol. The molecule has 0 aliphatic heterocycles. The summed E-state index contributed by atoms with van der Waals surface area (Å²) in [6, 6.07) is 10.5. The molecule has 0 aromatic heterocycles. The molecule has 0 atom stereocenters. The standard InChI is InChI=1S/C119H212N2O10/c1-9-15-21-27-33-39-45-51-57-63-69-75-81-87-93-126-111-101-106(102-112(127-94-88-82-76-70-64-58-52-46-40-34-28-22-16-10-2)115(111)130-97-91-85-79-73-67-61-55-49-43-37-31-25-19-13-5)117(122)120-109-99-108(119(124)125-8)100-110(105(109)7)121-118(123)107-103-113(128-95-89-83-77-71-65-59-53-47-41-35-29-23-17-11-3)116(131-98-92-86-80-74-68-62-56-50-44-38-32-26-20-14-6)114(104-107)129-96-90-84-78-72-66-60-54-48-42-36-30-24-18-12-4/h99-104H,9-98H2,1-8H3,(H,120,122)(H,121,123). The molecule has 3 aromatic carbocycles. The minimum atomic E-state index is -0.603. The average molecular weight is 1830 g/mol. The molecular formula is C119H212N2O10. The smallest absolute Gasteiger partial charge is 0.337 e. The molecule has 0 heterocycles. The van der Waals surface area contributed by atoms with E-state index in [1.165, 1.54) is 444 Å². The van der Waals surface area contributed by atoms with Crippen LogP contribution < -0.4 is 39.1 Å². The van der Waals surface area contributed by atoms with Gasteiger partial charge >= 0.3 is 5.97 Å². The first kappa shape index (κ1) is 120. The van der Waals surface area contributed by atoms with Crippen molar-refractivity contribution < 1.29 is 47.5 Å². The first-order chi connectivity index (χ1) is 64.6. The van der Waals surface area contributed by atoms with Gasteiger partial charge in [0.15, 0.2) is 23.0 Å². The monoisotopic (exact) mass is 1830 g/mol. The van der Waals surface area contributed by atoms with Crippen molar-refractivity contribution in [2.24, 2.45) is 0 Å². The fraction of sp³-hybridized carbons (Fsp3) is 0.824. The molecule has 3 aromatic rings. The summed E-state index contributed by atoms with van der Waals surface area (Å²) in [5.74, 6) is 1.66. The third kappa shape index (κ3) is 67.7. The second-order valence-electron chi connectivity index (χ2n) is 39.9. The number of esters is 1. The van der Waals surface area contributed by atoms with E-state index in [2.05, 4.69) is 52.2 Å². The van der Waals surface area contributed by atoms with Crippen molar-refractivity contribution in [3.63, 3.8) is 0 Å². The Morgan fingerprint density at radius 1 is 0.198 bits per heavy atom. The van der Waals surface area contributed by atoms with Gasteiger partial charge < -0.3 is 43.8 Å². The van der Waals surface area contributed by atoms with Crippen LogP contribution in [-0.4, -0.2) is 64.5 Å². The highest BCUT2D eigenvalue weighted by molar-refractivity contribution is 6.09. The second kappa shape index (κ2) is 91.3. The van der Waals surface area contributed by atoms with Gasteiger partial charge in [-0.2, -0.15) is 0 Å². The minimum Gasteiger partial charge on any atom is -0.490 e. The number of rotatable bonds is 101. The summed E-state index contributed by atoms with van der Waals surface area (Å²) in [6.45, 7) is 18.6. The number of unbranched alkanes of at least 4 members (excludes halogenated alkanes) is 78. The molecule has 0 aliphatic carbocycles. The third-order valence-electron chi connectivity index (χ3n) is 27.4. The zero-order chi connectivity index (χ0) is 93.9. The molecule has 0 fully saturated rings. The molecule has 0 radical (unpaired) electrons. The maximum atomic E-state index is 15.3. The van der Waals surface area contributed by atoms with E-state index in [0.29, 0.717) is 102 Å². The molecule has 0 saturated heterocycles. The number of benzene rings is 3. The van der Waals surface area contributed by atoms with Crippen LogP contribution in [0.25, 0.3) is 0 Å². The van der Waals surface area contributed by atoms with Gasteiger partial charge in [-0.15, -0.1) is 0 Å². The van der Waals surface area contributed by atoms with E-state index in [0.717, 1.165) is 103 Å². The average Bonchev–Trinajstić information content (AvgIpc) is 0.859. The summed E-state index contributed by atoms with van der Waals surface area (Å²) in [7, 11) is 1.35. The highest BCUT2D eigenvalue weighted by Crippen LogP contribution is 2.43. The van der Waals surface area contributed by atoms with Crippen molar-refractivity contribution in [2.45, 2.75) is 588 Å². The number of amides is 2. The number of carbonyl (C=O) groups excluding carboxylic acids is 3. The number of anilines is 2. The van der Waals surface area contributed by atoms with Crippen LogP contribution in [0, 0.1) is 6.92 Å². The van der Waals surface area contributed by atoms with Crippen molar-refractivity contribution in [3.8, 4) is 34.5 Å². The van der Waals surface area contributed by atoms with E-state index >= 15 is 9.59 Å². The highest BCUT2D eigenvalue weighted by Gasteiger charge is 2.25. The molecule has 2 N–H and O–H groups in total. The SMILES string of the molecule is CCCCCCCCCCCCCCCCOc1cc(C(=O)Nc2cc(C(=O)OC)cc(NC(=O)c3cc(OCCCCCCCCCCCCCCCC)c(OCCCCCCCCCCCCCCCC)c(OCCCCCCCCCCCCCCCC)c3)c2C)cc(OCCCCCCCCCCCCCCCC)c1OCCCCCCCCCCCCCCCC. The Bertz CT molecular complexity index is 2760. The quantitative estimate of drug-likeness (QED) is 0.0415. The lowest BCUT2D eigenvalue weighted by molar-refractivity contribution is 0.0600. The van der Waals surface area contributed by atoms with Gasteiger partial charge in [-0.3, -0.25) is 9.59 Å². The Balaban J connectivity index is 2.03. The van der Waals surface area contributed by atoms with E-state index in [9.17, 15) is 4.79 Å². The maximum Gasteiger partial charge on any atom is 0.337 e. The van der Waals surface area contributed by atoms with Crippen LogP contribution in [0.3, 0.4) is 0 Å². The van der Waals surface area contributed by atoms with E-state index in [4.69, 9.17) is 33.2 Å². The fourth-order valence-electron chi connectivity index (χ4n) is 18.6. The summed E-state index contributed by atoms with van der Waals surface area (Å²) < 4.78 is 46.4. The van der Waals surface area contributed by atoms with Gasteiger partial charge in [0.1, 0.15) is 0 Å². The number of carbonyl (C=O) groups is 3. The molecule has 2 amide bonds. The molecule has 0 spiro atoms. The summed E-state index contributed by atoms with van der Waals surface area (Å²) >= 11 is 0. The minimum absolute atomic E-state index is 0.173. The van der Waals surface area contributed by atoms with E-state index in [-0.39, 0.29) is 5.56 Å². The summed E-state index contributed by atoms with van der Waals surface area (Å²) in [5.41, 5.74) is 2.11. The lowest BCUT2D eigenvalue weighted by Gasteiger charge is -2.20. The van der Waals surface area contributed by atoms with Crippen LogP contribution in [0.5, 0.6) is 34.5 Å². The molecule has 0 aliphatic rings. The fourth-order valence-corrected chi connectivity index (χ4v) is 18.6. The van der Waals surface area contributed by atoms with Crippen molar-refractivity contribution in [2.75, 3.05) is 57.4 Å². The normalized spacial score (nSPS) is 11.5. The summed E-state index contributed by atoms with van der Waals surface area (Å²) in [6.07, 6.45) is 107. The Morgan fingerprint density at radius 3 is 0.496 bits per heavy atom. The predicted octanol–water partition coefficient (Wildman–Crippen LogP) is 39.4. The Kier molecular flexibility index (Phi) is 83.6. The molecule has 12 heteroatoms. The topological polar surface area (TPSA) is 140 Å². The largest absolute Gasteiger partial charge is 0.490 e. The van der Waals surface area contributed by atoms with Gasteiger partial charge in [-0.1, -0.05) is 542 Å². The molecule has 3 rings (SSSR count). The number of hydrogen-bond acceptors (Lipinski definition) is 10. The van der Waals surface area contributed by atoms with Crippen molar-refractivity contribution >= 4 is 29.2 Å². The van der Waals surface area contributed by atoms with E-state index in [1.54, 1.807) is 12.1 Å². The number of methoxy groups -OCH3 is 1. The van der Waals surface area contributed by atoms with Crippen molar-refractivity contribution in [1.82, 2.24) is 0 Å². The van der Waals surface area contributed by atoms with Gasteiger partial charge in [0.25, 0.3) is 11.8 Å². The number of ether oxygens (including phenoxy) is 7. The van der Waals surface area contributed by atoms with Crippen LogP contribution in [0.4, 0.5) is 11.4 Å². The van der Waals surface area contributed by atoms with Gasteiger partial charge in [-0.05, 0) is 87.4 Å². The zero-order valence-electron chi connectivity index (χ0n) is 87.7. The second-order valence-corrected chi connectivity index (χ2v) is 39.9. The first-order valence-electron chi connectivity index (χ1n) is 57.6. The Labute approximate surface area is 810 Å². The van der Waals surface area contributed by atoms with Gasteiger partial charge in [0.2, 0.25) is 11.5 Å². The highest BCUT2D eigenvalue weighted by atomic mass is 16.6. The van der Waals surface area contributed by atoms with E-state index in [1.807, 2.05) is 31.2 Å². The summed E-state index contributed by atoms with van der Waals surface area (Å²) in [5, 5.41) is 6.43. The van der Waals surface area contributed by atoms with Gasteiger partial charge in [0.05, 0.1) is 52.3 Å². The van der Waals surface area contributed by atoms with Crippen LogP contribution in [0.2, 0.25) is 0 Å². The molecule has 0 unspecified atom stereocenters. The zero-order valence-corrected chi connectivity index (χ0v) is 87.7. The van der Waals surface area contributed by atoms with Gasteiger partial charge in [0, 0.05) is 22.5 Å². The maximum absolute atomic E-state index is 15.3. The Morgan fingerprint density at radius 2 is 0.344 bits per heavy atom. The van der Waals surface area contributed by atoms with Crippen LogP contribution >= 0.6 is 0 Å². The Hall–Kier alpha value is -5.13. The molecule has 0 saturated carbocycles. The van der Waals surface area contributed by atoms with Crippen LogP contribution in [0.15, 0.2) is 36.4 Å². The lowest BCUT2D eigenvalue weighted by atomic mass is 10.0. The lowest BCUT2D eigenvalue weighted by Crippen LogP contribution is -2.18. The molecule has 131 heavy (non-hydrogen) atoms. The molecule has 758 valence electrons. The van der Waals surface area contributed by atoms with Crippen molar-refractivity contribution in [3.05, 3.63) is 58.7 Å². The molecular weight excluding hydrogens is 1620 g/mol. The number of nitrogens with one attached hydrogen (secondary N) is 2. The summed E-state index contributed by atoms with van der Waals surface area (Å²) in [4.78, 5) is 44.6. The van der Waals surface area contributed by atoms with Gasteiger partial charge in [-0.25, -0.2) is 4.79 Å².